The van der Waals surface area contributed by atoms with Gasteiger partial charge in [-0.1, -0.05) is 0 Å². The lowest BCUT2D eigenvalue weighted by Gasteiger charge is -2.36. The molecule has 0 aliphatic carbocycles. The molecule has 9 heteroatoms. The minimum atomic E-state index is -0.640. The maximum absolute atomic E-state index is 14.7. The molecule has 8 nitrogen and oxygen atoms in total. The fourth-order valence-corrected chi connectivity index (χ4v) is 5.60. The summed E-state index contributed by atoms with van der Waals surface area (Å²) in [5, 5.41) is 17.9. The molecule has 182 valence electrons. The van der Waals surface area contributed by atoms with Crippen LogP contribution in [0.5, 0.6) is 0 Å². The van der Waals surface area contributed by atoms with Crippen molar-refractivity contribution in [1.82, 2.24) is 24.6 Å². The van der Waals surface area contributed by atoms with Crippen LogP contribution in [0.25, 0.3) is 28.0 Å². The van der Waals surface area contributed by atoms with Gasteiger partial charge >= 0.3 is 0 Å². The Bertz CT molecular complexity index is 1600. The Morgan fingerprint density at radius 3 is 2.81 bits per heavy atom. The van der Waals surface area contributed by atoms with Crippen LogP contribution in [-0.2, 0) is 7.05 Å². The van der Waals surface area contributed by atoms with E-state index in [1.165, 1.54) is 16.7 Å². The first-order chi connectivity index (χ1) is 17.4. The molecule has 2 aromatic carbocycles. The van der Waals surface area contributed by atoms with Crippen LogP contribution in [0, 0.1) is 35.9 Å². The molecule has 4 aromatic rings. The van der Waals surface area contributed by atoms with Crippen LogP contribution < -0.4 is 15.8 Å². The molecule has 2 aromatic heterocycles. The zero-order valence-corrected chi connectivity index (χ0v) is 20.2. The van der Waals surface area contributed by atoms with Gasteiger partial charge in [0.15, 0.2) is 0 Å². The number of hydrogen-bond donors (Lipinski definition) is 1. The van der Waals surface area contributed by atoms with Crippen molar-refractivity contribution in [3.63, 3.8) is 0 Å². The molecule has 0 bridgehead atoms. The van der Waals surface area contributed by atoms with Gasteiger partial charge in [0.1, 0.15) is 23.5 Å². The molecule has 0 amide bonds. The van der Waals surface area contributed by atoms with Crippen molar-refractivity contribution in [1.29, 1.82) is 5.26 Å². The van der Waals surface area contributed by atoms with E-state index in [0.29, 0.717) is 40.3 Å². The van der Waals surface area contributed by atoms with E-state index in [2.05, 4.69) is 15.3 Å². The van der Waals surface area contributed by atoms with E-state index in [0.717, 1.165) is 43.5 Å². The Kier molecular flexibility index (Phi) is 5.34. The van der Waals surface area contributed by atoms with E-state index in [1.807, 2.05) is 38.2 Å². The molecule has 36 heavy (non-hydrogen) atoms. The van der Waals surface area contributed by atoms with Crippen molar-refractivity contribution in [3.05, 3.63) is 69.9 Å². The van der Waals surface area contributed by atoms with E-state index >= 15 is 0 Å². The predicted molar refractivity (Wildman–Crippen MR) is 136 cm³/mol. The Morgan fingerprint density at radius 2 is 2.00 bits per heavy atom. The second-order valence-electron chi connectivity index (χ2n) is 9.76. The third-order valence-electron chi connectivity index (χ3n) is 7.62. The Morgan fingerprint density at radius 1 is 1.17 bits per heavy atom. The van der Waals surface area contributed by atoms with Gasteiger partial charge < -0.3 is 10.2 Å². The number of halogens is 1. The number of aryl methyl sites for hydroxylation is 1. The van der Waals surface area contributed by atoms with Crippen molar-refractivity contribution < 1.29 is 4.39 Å². The van der Waals surface area contributed by atoms with E-state index in [-0.39, 0.29) is 11.1 Å². The Balaban J connectivity index is 1.55. The first-order valence-corrected chi connectivity index (χ1v) is 12.2. The Labute approximate surface area is 207 Å². The molecule has 2 fully saturated rings. The number of fused-ring (bicyclic) bond motifs is 2. The zero-order chi connectivity index (χ0) is 25.0. The summed E-state index contributed by atoms with van der Waals surface area (Å²) in [4.78, 5) is 21.1. The molecule has 6 rings (SSSR count). The average molecular weight is 484 g/mol. The van der Waals surface area contributed by atoms with Gasteiger partial charge in [0.2, 0.25) is 0 Å². The smallest absolute Gasteiger partial charge is 0.263 e. The van der Waals surface area contributed by atoms with Crippen LogP contribution in [0.2, 0.25) is 0 Å². The lowest BCUT2D eigenvalue weighted by Crippen LogP contribution is -2.42. The second-order valence-corrected chi connectivity index (χ2v) is 9.76. The van der Waals surface area contributed by atoms with E-state index < -0.39 is 5.82 Å². The van der Waals surface area contributed by atoms with E-state index in [1.54, 1.807) is 16.9 Å². The quantitative estimate of drug-likeness (QED) is 0.481. The number of anilines is 1. The first-order valence-electron chi connectivity index (χ1n) is 12.2. The molecule has 0 spiro atoms. The van der Waals surface area contributed by atoms with Gasteiger partial charge in [0, 0.05) is 31.1 Å². The van der Waals surface area contributed by atoms with Gasteiger partial charge in [-0.05, 0) is 74.7 Å². The molecule has 2 saturated heterocycles. The molecule has 2 aliphatic heterocycles. The normalized spacial score (nSPS) is 19.4. The SMILES string of the molecule is Cc1c(N2CCC3CNCC3C2)nc(-c2ccc(C#N)c(F)c2)n(-c2ccc3c(cnn3C)c2)c1=O. The van der Waals surface area contributed by atoms with Crippen LogP contribution in [-0.4, -0.2) is 45.5 Å². The largest absolute Gasteiger partial charge is 0.356 e. The number of nitrogens with one attached hydrogen (secondary N) is 1. The maximum Gasteiger partial charge on any atom is 0.263 e. The fourth-order valence-electron chi connectivity index (χ4n) is 5.60. The summed E-state index contributed by atoms with van der Waals surface area (Å²) >= 11 is 0. The third-order valence-corrected chi connectivity index (χ3v) is 7.62. The molecule has 0 saturated carbocycles. The summed E-state index contributed by atoms with van der Waals surface area (Å²) in [5.41, 5.74) is 2.31. The van der Waals surface area contributed by atoms with Crippen molar-refractivity contribution in [2.24, 2.45) is 18.9 Å². The zero-order valence-electron chi connectivity index (χ0n) is 20.2. The van der Waals surface area contributed by atoms with Crippen LogP contribution in [0.1, 0.15) is 17.5 Å². The average Bonchev–Trinajstić information content (AvgIpc) is 3.51. The summed E-state index contributed by atoms with van der Waals surface area (Å²) in [6, 6.07) is 11.9. The number of nitrogens with zero attached hydrogens (tertiary/aromatic N) is 6. The summed E-state index contributed by atoms with van der Waals surface area (Å²) in [6.45, 7) is 5.47. The minimum Gasteiger partial charge on any atom is -0.356 e. The molecule has 2 unspecified atom stereocenters. The topological polar surface area (TPSA) is 91.8 Å². The van der Waals surface area contributed by atoms with Crippen LogP contribution >= 0.6 is 0 Å². The lowest BCUT2D eigenvalue weighted by molar-refractivity contribution is 0.347. The summed E-state index contributed by atoms with van der Waals surface area (Å²) in [6.07, 6.45) is 2.79. The second kappa shape index (κ2) is 8.57. The number of aromatic nitrogens is 4. The third kappa shape index (κ3) is 3.57. The molecular weight excluding hydrogens is 457 g/mol. The molecule has 2 aliphatic rings. The lowest BCUT2D eigenvalue weighted by atomic mass is 9.88. The molecule has 4 heterocycles. The number of hydrogen-bond acceptors (Lipinski definition) is 6. The number of benzene rings is 2. The summed E-state index contributed by atoms with van der Waals surface area (Å²) < 4.78 is 18.0. The molecule has 2 atom stereocenters. The van der Waals surface area contributed by atoms with E-state index in [9.17, 15) is 14.4 Å². The molecule has 0 radical (unpaired) electrons. The monoisotopic (exact) mass is 483 g/mol. The van der Waals surface area contributed by atoms with Crippen molar-refractivity contribution >= 4 is 16.7 Å². The highest BCUT2D eigenvalue weighted by Gasteiger charge is 2.34. The molecule has 1 N–H and O–H groups in total. The van der Waals surface area contributed by atoms with Gasteiger partial charge in [-0.2, -0.15) is 10.4 Å². The van der Waals surface area contributed by atoms with Crippen LogP contribution in [0.15, 0.2) is 47.4 Å². The van der Waals surface area contributed by atoms with Gasteiger partial charge in [0.05, 0.1) is 28.5 Å². The summed E-state index contributed by atoms with van der Waals surface area (Å²) in [5.74, 6) is 1.52. The fraction of sp³-hybridized carbons (Fsp3) is 0.333. The van der Waals surface area contributed by atoms with Gasteiger partial charge in [-0.3, -0.25) is 14.0 Å². The van der Waals surface area contributed by atoms with Crippen LogP contribution in [0.4, 0.5) is 10.2 Å². The number of piperidine rings is 1. The highest BCUT2D eigenvalue weighted by Crippen LogP contribution is 2.32. The maximum atomic E-state index is 14.7. The highest BCUT2D eigenvalue weighted by molar-refractivity contribution is 5.81. The number of rotatable bonds is 3. The van der Waals surface area contributed by atoms with Gasteiger partial charge in [-0.25, -0.2) is 9.37 Å². The van der Waals surface area contributed by atoms with Crippen molar-refractivity contribution in [2.75, 3.05) is 31.1 Å². The highest BCUT2D eigenvalue weighted by atomic mass is 19.1. The van der Waals surface area contributed by atoms with Gasteiger partial charge in [-0.15, -0.1) is 0 Å². The summed E-state index contributed by atoms with van der Waals surface area (Å²) in [7, 11) is 1.86. The van der Waals surface area contributed by atoms with Gasteiger partial charge in [0.25, 0.3) is 5.56 Å². The Hall–Kier alpha value is -4.03. The number of nitriles is 1. The minimum absolute atomic E-state index is 0.0485. The van der Waals surface area contributed by atoms with E-state index in [4.69, 9.17) is 4.98 Å². The van der Waals surface area contributed by atoms with Crippen LogP contribution in [0.3, 0.4) is 0 Å². The van der Waals surface area contributed by atoms with Crippen molar-refractivity contribution in [3.8, 4) is 23.1 Å². The van der Waals surface area contributed by atoms with Crippen molar-refractivity contribution in [2.45, 2.75) is 13.3 Å². The first kappa shape index (κ1) is 22.4. The standard InChI is InChI=1S/C27H26FN7O/c1-16-25(34-8-7-19-12-30-13-21(19)15-34)32-26(17-3-4-18(11-29)23(28)10-17)35(27(16)36)22-5-6-24-20(9-22)14-31-33(24)2/h3-6,9-10,14,19,21,30H,7-8,12-13,15H2,1-2H3. The molecular formula is C27H26FN7O. The predicted octanol–water partition coefficient (Wildman–Crippen LogP) is 3.15.